The van der Waals surface area contributed by atoms with E-state index in [-0.39, 0.29) is 12.0 Å². The Morgan fingerprint density at radius 2 is 2.13 bits per heavy atom. The highest BCUT2D eigenvalue weighted by molar-refractivity contribution is 5.88. The zero-order chi connectivity index (χ0) is 20.8. The highest BCUT2D eigenvalue weighted by Crippen LogP contribution is 2.42. The molecule has 0 radical (unpaired) electrons. The Morgan fingerprint density at radius 3 is 2.97 bits per heavy atom. The van der Waals surface area contributed by atoms with Crippen LogP contribution in [-0.2, 0) is 0 Å². The maximum absolute atomic E-state index is 6.03. The van der Waals surface area contributed by atoms with E-state index in [1.165, 1.54) is 18.5 Å². The van der Waals surface area contributed by atoms with E-state index in [1.54, 1.807) is 13.4 Å². The second-order valence-electron chi connectivity index (χ2n) is 8.02. The molecule has 0 bridgehead atoms. The van der Waals surface area contributed by atoms with Gasteiger partial charge in [0.15, 0.2) is 5.82 Å². The molecule has 1 unspecified atom stereocenters. The molecule has 8 heteroatoms. The van der Waals surface area contributed by atoms with E-state index in [1.807, 2.05) is 41.4 Å². The molecule has 3 aromatic heterocycles. The minimum absolute atomic E-state index is 0.0265. The van der Waals surface area contributed by atoms with Crippen molar-refractivity contribution in [2.75, 3.05) is 13.7 Å². The van der Waals surface area contributed by atoms with E-state index in [4.69, 9.17) is 14.5 Å². The molecule has 0 saturated heterocycles. The summed E-state index contributed by atoms with van der Waals surface area (Å²) in [6, 6.07) is 12.0. The molecule has 1 aliphatic carbocycles. The Hall–Kier alpha value is -3.68. The monoisotopic (exact) mass is 414 g/mol. The van der Waals surface area contributed by atoms with Crippen molar-refractivity contribution in [1.29, 1.82) is 0 Å². The molecule has 1 aliphatic heterocycles. The van der Waals surface area contributed by atoms with Crippen molar-refractivity contribution in [2.24, 2.45) is 4.99 Å². The first kappa shape index (κ1) is 18.1. The molecule has 6 rings (SSSR count). The summed E-state index contributed by atoms with van der Waals surface area (Å²) in [5.74, 6) is 2.72. The van der Waals surface area contributed by atoms with E-state index in [0.29, 0.717) is 24.2 Å². The predicted molar refractivity (Wildman–Crippen MR) is 117 cm³/mol. The number of aromatic nitrogens is 5. The van der Waals surface area contributed by atoms with Crippen molar-refractivity contribution < 1.29 is 9.47 Å². The van der Waals surface area contributed by atoms with E-state index in [2.05, 4.69) is 32.2 Å². The maximum atomic E-state index is 6.03. The number of para-hydroxylation sites is 1. The number of ether oxygens (including phenoxy) is 2. The highest BCUT2D eigenvalue weighted by atomic mass is 16.5. The average Bonchev–Trinajstić information content (AvgIpc) is 3.38. The van der Waals surface area contributed by atoms with Crippen molar-refractivity contribution in [3.05, 3.63) is 60.2 Å². The zero-order valence-corrected chi connectivity index (χ0v) is 17.1. The summed E-state index contributed by atoms with van der Waals surface area (Å²) in [4.78, 5) is 17.1. The number of benzene rings is 1. The van der Waals surface area contributed by atoms with Gasteiger partial charge in [-0.1, -0.05) is 18.2 Å². The summed E-state index contributed by atoms with van der Waals surface area (Å²) in [5, 5.41) is 5.49. The van der Waals surface area contributed by atoms with Gasteiger partial charge in [0.05, 0.1) is 18.5 Å². The van der Waals surface area contributed by atoms with Crippen molar-refractivity contribution in [3.63, 3.8) is 0 Å². The Labute approximate surface area is 179 Å². The van der Waals surface area contributed by atoms with Gasteiger partial charge < -0.3 is 14.5 Å². The SMILES string of the molecule is COc1ccn([C@H]2COc3ccccc3C2C=Nc2ncnc3[nH]c(C4CC4)cc23)n1. The predicted octanol–water partition coefficient (Wildman–Crippen LogP) is 4.16. The highest BCUT2D eigenvalue weighted by Gasteiger charge is 2.32. The topological polar surface area (TPSA) is 90.2 Å². The quantitative estimate of drug-likeness (QED) is 0.495. The number of H-pyrrole nitrogens is 1. The van der Waals surface area contributed by atoms with Crippen LogP contribution in [0.2, 0.25) is 0 Å². The Morgan fingerprint density at radius 1 is 1.23 bits per heavy atom. The molecule has 0 spiro atoms. The van der Waals surface area contributed by atoms with Crippen molar-refractivity contribution in [3.8, 4) is 11.6 Å². The lowest BCUT2D eigenvalue weighted by Crippen LogP contribution is -2.30. The third kappa shape index (κ3) is 3.24. The van der Waals surface area contributed by atoms with Crippen LogP contribution >= 0.6 is 0 Å². The molecular formula is C23H22N6O2. The van der Waals surface area contributed by atoms with Gasteiger partial charge in [-0.3, -0.25) is 4.68 Å². The second kappa shape index (κ2) is 7.23. The number of aromatic amines is 1. The number of nitrogens with one attached hydrogen (secondary N) is 1. The molecule has 1 N–H and O–H groups in total. The fourth-order valence-corrected chi connectivity index (χ4v) is 4.22. The first-order chi connectivity index (χ1) is 15.3. The fraction of sp³-hybridized carbons (Fsp3) is 0.304. The summed E-state index contributed by atoms with van der Waals surface area (Å²) in [6.45, 7) is 0.494. The van der Waals surface area contributed by atoms with Crippen molar-refractivity contribution >= 4 is 23.1 Å². The molecule has 156 valence electrons. The van der Waals surface area contributed by atoms with Crippen LogP contribution in [0.1, 0.15) is 42.0 Å². The molecule has 0 amide bonds. The van der Waals surface area contributed by atoms with Gasteiger partial charge >= 0.3 is 0 Å². The van der Waals surface area contributed by atoms with Crippen LogP contribution in [0.3, 0.4) is 0 Å². The smallest absolute Gasteiger partial charge is 0.232 e. The molecule has 4 heterocycles. The standard InChI is InChI=1S/C23H22N6O2/c1-30-21-8-9-29(28-21)19-12-31-20-5-3-2-4-15(20)17(19)11-24-22-16-10-18(14-6-7-14)27-23(16)26-13-25-22/h2-5,8-11,13-14,17,19H,6-7,12H2,1H3,(H,25,26,27)/t17?,19-/m0/s1. The molecule has 1 aromatic carbocycles. The van der Waals surface area contributed by atoms with Crippen LogP contribution in [0.25, 0.3) is 11.0 Å². The van der Waals surface area contributed by atoms with Crippen LogP contribution in [0, 0.1) is 0 Å². The molecular weight excluding hydrogens is 392 g/mol. The normalized spacial score (nSPS) is 20.7. The fourth-order valence-electron chi connectivity index (χ4n) is 4.22. The van der Waals surface area contributed by atoms with Crippen LogP contribution < -0.4 is 9.47 Å². The van der Waals surface area contributed by atoms with Gasteiger partial charge in [0.25, 0.3) is 0 Å². The third-order valence-electron chi connectivity index (χ3n) is 6.04. The number of fused-ring (bicyclic) bond motifs is 2. The summed E-state index contributed by atoms with van der Waals surface area (Å²) >= 11 is 0. The number of aliphatic imine (C=N–C) groups is 1. The summed E-state index contributed by atoms with van der Waals surface area (Å²) in [7, 11) is 1.62. The van der Waals surface area contributed by atoms with E-state index >= 15 is 0 Å². The van der Waals surface area contributed by atoms with Gasteiger partial charge in [0.2, 0.25) is 5.88 Å². The van der Waals surface area contributed by atoms with Gasteiger partial charge in [-0.2, -0.15) is 0 Å². The lowest BCUT2D eigenvalue weighted by Gasteiger charge is -2.31. The largest absolute Gasteiger partial charge is 0.491 e. The molecule has 4 aromatic rings. The van der Waals surface area contributed by atoms with Gasteiger partial charge in [-0.25, -0.2) is 15.0 Å². The van der Waals surface area contributed by atoms with E-state index < -0.39 is 0 Å². The third-order valence-corrected chi connectivity index (χ3v) is 6.04. The maximum Gasteiger partial charge on any atom is 0.232 e. The van der Waals surface area contributed by atoms with Crippen LogP contribution in [0.15, 0.2) is 53.9 Å². The number of hydrogen-bond donors (Lipinski definition) is 1. The Kier molecular flexibility index (Phi) is 4.22. The number of hydrogen-bond acceptors (Lipinski definition) is 6. The second-order valence-corrected chi connectivity index (χ2v) is 8.02. The van der Waals surface area contributed by atoms with Crippen LogP contribution in [-0.4, -0.2) is 44.7 Å². The van der Waals surface area contributed by atoms with Crippen LogP contribution in [0.4, 0.5) is 5.82 Å². The average molecular weight is 414 g/mol. The number of methoxy groups -OCH3 is 1. The minimum Gasteiger partial charge on any atom is -0.491 e. The lowest BCUT2D eigenvalue weighted by atomic mass is 9.90. The first-order valence-corrected chi connectivity index (χ1v) is 10.5. The molecule has 1 fully saturated rings. The van der Waals surface area contributed by atoms with Gasteiger partial charge in [-0.05, 0) is 30.9 Å². The lowest BCUT2D eigenvalue weighted by molar-refractivity contribution is 0.205. The zero-order valence-electron chi connectivity index (χ0n) is 17.1. The number of rotatable bonds is 5. The summed E-state index contributed by atoms with van der Waals surface area (Å²) < 4.78 is 13.2. The number of nitrogens with zero attached hydrogens (tertiary/aromatic N) is 5. The molecule has 2 atom stereocenters. The Bertz CT molecular complexity index is 1270. The van der Waals surface area contributed by atoms with Gasteiger partial charge in [0, 0.05) is 35.7 Å². The van der Waals surface area contributed by atoms with Crippen LogP contribution in [0.5, 0.6) is 11.6 Å². The van der Waals surface area contributed by atoms with Crippen molar-refractivity contribution in [2.45, 2.75) is 30.7 Å². The van der Waals surface area contributed by atoms with E-state index in [0.717, 1.165) is 22.3 Å². The molecule has 8 nitrogen and oxygen atoms in total. The van der Waals surface area contributed by atoms with Crippen molar-refractivity contribution in [1.82, 2.24) is 24.7 Å². The van der Waals surface area contributed by atoms with E-state index in [9.17, 15) is 0 Å². The van der Waals surface area contributed by atoms with Gasteiger partial charge in [0.1, 0.15) is 24.3 Å². The van der Waals surface area contributed by atoms with Gasteiger partial charge in [-0.15, -0.1) is 5.10 Å². The molecule has 31 heavy (non-hydrogen) atoms. The summed E-state index contributed by atoms with van der Waals surface area (Å²) in [5.41, 5.74) is 3.14. The molecule has 1 saturated carbocycles. The molecule has 2 aliphatic rings. The first-order valence-electron chi connectivity index (χ1n) is 10.5. The Balaban J connectivity index is 1.40. The summed E-state index contributed by atoms with van der Waals surface area (Å²) in [6.07, 6.45) is 7.90. The minimum atomic E-state index is -0.0480.